The zero-order chi connectivity index (χ0) is 11.5. The van der Waals surface area contributed by atoms with Gasteiger partial charge in [0.05, 0.1) is 18.1 Å². The normalized spacial score (nSPS) is 22.8. The van der Waals surface area contributed by atoms with Gasteiger partial charge in [0.15, 0.2) is 0 Å². The summed E-state index contributed by atoms with van der Waals surface area (Å²) in [6.07, 6.45) is 2.67. The van der Waals surface area contributed by atoms with Crippen molar-refractivity contribution in [1.82, 2.24) is 5.32 Å². The molecule has 0 unspecified atom stereocenters. The van der Waals surface area contributed by atoms with E-state index >= 15 is 0 Å². The van der Waals surface area contributed by atoms with Crippen molar-refractivity contribution >= 4 is 11.9 Å². The standard InChI is InChI=1S/C11H13NO4/c13-10(8-6-9(8)11(14)15)12-4-3-7-2-1-5-16-7/h1-2,5,8-9H,3-4,6H2,(H,12,13)(H,14,15)/t8-,9+/m1/s1. The van der Waals surface area contributed by atoms with Crippen LogP contribution in [0.1, 0.15) is 12.2 Å². The molecule has 1 heterocycles. The van der Waals surface area contributed by atoms with E-state index in [0.717, 1.165) is 5.76 Å². The molecule has 1 aromatic rings. The first kappa shape index (κ1) is 10.7. The van der Waals surface area contributed by atoms with E-state index in [0.29, 0.717) is 19.4 Å². The molecule has 1 aromatic heterocycles. The maximum atomic E-state index is 11.4. The van der Waals surface area contributed by atoms with E-state index in [4.69, 9.17) is 9.52 Å². The number of aliphatic carboxylic acids is 1. The second-order valence-electron chi connectivity index (χ2n) is 3.91. The van der Waals surface area contributed by atoms with Crippen LogP contribution in [-0.4, -0.2) is 23.5 Å². The maximum absolute atomic E-state index is 11.4. The molecule has 2 rings (SSSR count). The van der Waals surface area contributed by atoms with Gasteiger partial charge in [-0.3, -0.25) is 9.59 Å². The minimum absolute atomic E-state index is 0.168. The Kier molecular flexibility index (Phi) is 2.94. The second-order valence-corrected chi connectivity index (χ2v) is 3.91. The molecule has 0 radical (unpaired) electrons. The van der Waals surface area contributed by atoms with Gasteiger partial charge in [-0.05, 0) is 18.6 Å². The molecule has 2 atom stereocenters. The van der Waals surface area contributed by atoms with Crippen LogP contribution in [0.15, 0.2) is 22.8 Å². The molecule has 1 saturated carbocycles. The van der Waals surface area contributed by atoms with Gasteiger partial charge in [0, 0.05) is 13.0 Å². The number of carbonyl (C=O) groups is 2. The van der Waals surface area contributed by atoms with Crippen LogP contribution in [0.4, 0.5) is 0 Å². The van der Waals surface area contributed by atoms with Crippen molar-refractivity contribution in [3.63, 3.8) is 0 Å². The summed E-state index contributed by atoms with van der Waals surface area (Å²) in [5.74, 6) is -1.06. The third kappa shape index (κ3) is 2.42. The minimum Gasteiger partial charge on any atom is -0.481 e. The van der Waals surface area contributed by atoms with Gasteiger partial charge < -0.3 is 14.8 Å². The minimum atomic E-state index is -0.883. The first-order valence-electron chi connectivity index (χ1n) is 5.21. The third-order valence-electron chi connectivity index (χ3n) is 2.70. The number of furan rings is 1. The molecule has 1 aliphatic rings. The topological polar surface area (TPSA) is 79.5 Å². The van der Waals surface area contributed by atoms with Crippen molar-refractivity contribution in [2.24, 2.45) is 11.8 Å². The lowest BCUT2D eigenvalue weighted by Crippen LogP contribution is -2.28. The highest BCUT2D eigenvalue weighted by Crippen LogP contribution is 2.38. The number of rotatable bonds is 5. The number of carbonyl (C=O) groups excluding carboxylic acids is 1. The van der Waals surface area contributed by atoms with E-state index in [1.807, 2.05) is 6.07 Å². The van der Waals surface area contributed by atoms with Crippen molar-refractivity contribution in [1.29, 1.82) is 0 Å². The largest absolute Gasteiger partial charge is 0.481 e. The molecule has 0 bridgehead atoms. The summed E-state index contributed by atoms with van der Waals surface area (Å²) in [5, 5.41) is 11.4. The number of hydrogen-bond donors (Lipinski definition) is 2. The molecule has 0 aromatic carbocycles. The van der Waals surface area contributed by atoms with Crippen molar-refractivity contribution in [3.8, 4) is 0 Å². The second kappa shape index (κ2) is 4.38. The number of carboxylic acids is 1. The third-order valence-corrected chi connectivity index (χ3v) is 2.70. The van der Waals surface area contributed by atoms with Gasteiger partial charge in [-0.25, -0.2) is 0 Å². The molecule has 16 heavy (non-hydrogen) atoms. The summed E-state index contributed by atoms with van der Waals surface area (Å²) in [5.41, 5.74) is 0. The fraction of sp³-hybridized carbons (Fsp3) is 0.455. The molecule has 0 spiro atoms. The Hall–Kier alpha value is -1.78. The van der Waals surface area contributed by atoms with Gasteiger partial charge in [-0.2, -0.15) is 0 Å². The zero-order valence-corrected chi connectivity index (χ0v) is 8.68. The Labute approximate surface area is 92.4 Å². The fourth-order valence-corrected chi connectivity index (χ4v) is 1.65. The van der Waals surface area contributed by atoms with Crippen LogP contribution in [0.25, 0.3) is 0 Å². The summed E-state index contributed by atoms with van der Waals surface area (Å²) < 4.78 is 5.11. The smallest absolute Gasteiger partial charge is 0.307 e. The molecule has 1 fully saturated rings. The van der Waals surface area contributed by atoms with Crippen LogP contribution in [0.2, 0.25) is 0 Å². The average molecular weight is 223 g/mol. The Balaban J connectivity index is 1.68. The summed E-state index contributed by atoms with van der Waals surface area (Å²) in [7, 11) is 0. The lowest BCUT2D eigenvalue weighted by atomic mass is 10.3. The van der Waals surface area contributed by atoms with Gasteiger partial charge in [0.1, 0.15) is 5.76 Å². The molecule has 86 valence electrons. The number of amides is 1. The van der Waals surface area contributed by atoms with E-state index in [-0.39, 0.29) is 11.8 Å². The SMILES string of the molecule is O=C(O)[C@H]1C[C@H]1C(=O)NCCc1ccco1. The van der Waals surface area contributed by atoms with Crippen LogP contribution < -0.4 is 5.32 Å². The monoisotopic (exact) mass is 223 g/mol. The Bertz CT molecular complexity index is 385. The van der Waals surface area contributed by atoms with Crippen LogP contribution in [-0.2, 0) is 16.0 Å². The van der Waals surface area contributed by atoms with Gasteiger partial charge in [-0.1, -0.05) is 0 Å². The predicted molar refractivity (Wildman–Crippen MR) is 54.7 cm³/mol. The molecule has 0 saturated heterocycles. The molecule has 5 nitrogen and oxygen atoms in total. The first-order valence-corrected chi connectivity index (χ1v) is 5.21. The Morgan fingerprint density at radius 2 is 2.31 bits per heavy atom. The Morgan fingerprint density at radius 3 is 2.88 bits per heavy atom. The Morgan fingerprint density at radius 1 is 1.50 bits per heavy atom. The van der Waals surface area contributed by atoms with Crippen LogP contribution in [0.5, 0.6) is 0 Å². The molecule has 0 aliphatic heterocycles. The number of carboxylic acid groups (broad SMARTS) is 1. The van der Waals surface area contributed by atoms with Crippen molar-refractivity contribution in [2.75, 3.05) is 6.54 Å². The van der Waals surface area contributed by atoms with Gasteiger partial charge in [0.25, 0.3) is 0 Å². The van der Waals surface area contributed by atoms with E-state index in [2.05, 4.69) is 5.32 Å². The number of hydrogen-bond acceptors (Lipinski definition) is 3. The van der Waals surface area contributed by atoms with Gasteiger partial charge >= 0.3 is 5.97 Å². The van der Waals surface area contributed by atoms with E-state index in [9.17, 15) is 9.59 Å². The highest BCUT2D eigenvalue weighted by atomic mass is 16.4. The van der Waals surface area contributed by atoms with Crippen LogP contribution in [0.3, 0.4) is 0 Å². The number of nitrogens with one attached hydrogen (secondary N) is 1. The highest BCUT2D eigenvalue weighted by molar-refractivity contribution is 5.89. The molecular weight excluding hydrogens is 210 g/mol. The van der Waals surface area contributed by atoms with Crippen LogP contribution in [0, 0.1) is 11.8 Å². The lowest BCUT2D eigenvalue weighted by molar-refractivity contribution is -0.140. The lowest BCUT2D eigenvalue weighted by Gasteiger charge is -2.02. The highest BCUT2D eigenvalue weighted by Gasteiger charge is 2.48. The summed E-state index contributed by atoms with van der Waals surface area (Å²) in [4.78, 5) is 22.0. The fourth-order valence-electron chi connectivity index (χ4n) is 1.65. The van der Waals surface area contributed by atoms with Crippen molar-refractivity contribution in [3.05, 3.63) is 24.2 Å². The van der Waals surface area contributed by atoms with Gasteiger partial charge in [-0.15, -0.1) is 0 Å². The molecule has 1 aliphatic carbocycles. The van der Waals surface area contributed by atoms with E-state index < -0.39 is 11.9 Å². The zero-order valence-electron chi connectivity index (χ0n) is 8.68. The molecule has 2 N–H and O–H groups in total. The summed E-state index contributed by atoms with van der Waals surface area (Å²) >= 11 is 0. The first-order chi connectivity index (χ1) is 7.68. The molecule has 1 amide bonds. The van der Waals surface area contributed by atoms with E-state index in [1.54, 1.807) is 12.3 Å². The molecule has 5 heteroatoms. The maximum Gasteiger partial charge on any atom is 0.307 e. The van der Waals surface area contributed by atoms with Crippen molar-refractivity contribution in [2.45, 2.75) is 12.8 Å². The van der Waals surface area contributed by atoms with Crippen LogP contribution >= 0.6 is 0 Å². The average Bonchev–Trinajstić information content (AvgIpc) is 2.90. The molecular formula is C11H13NO4. The van der Waals surface area contributed by atoms with Crippen molar-refractivity contribution < 1.29 is 19.1 Å². The summed E-state index contributed by atoms with van der Waals surface area (Å²) in [6.45, 7) is 0.481. The van der Waals surface area contributed by atoms with Gasteiger partial charge in [0.2, 0.25) is 5.91 Å². The van der Waals surface area contributed by atoms with E-state index in [1.165, 1.54) is 0 Å². The summed E-state index contributed by atoms with van der Waals surface area (Å²) in [6, 6.07) is 3.63. The quantitative estimate of drug-likeness (QED) is 0.768. The predicted octanol–water partition coefficient (Wildman–Crippen LogP) is 0.659.